The molecule has 0 aliphatic rings. The summed E-state index contributed by atoms with van der Waals surface area (Å²) >= 11 is 15.9. The summed E-state index contributed by atoms with van der Waals surface area (Å²) in [5.74, 6) is -0.123. The Bertz CT molecular complexity index is 338. The molecule has 0 amide bonds. The van der Waals surface area contributed by atoms with Crippen molar-refractivity contribution in [3.63, 3.8) is 0 Å². The molecule has 1 atom stereocenters. The topological polar surface area (TPSA) is 17.1 Å². The van der Waals surface area contributed by atoms with Crippen molar-refractivity contribution in [1.29, 1.82) is 0 Å². The first-order valence-corrected chi connectivity index (χ1v) is 4.91. The van der Waals surface area contributed by atoms with Crippen LogP contribution in [-0.4, -0.2) is 5.78 Å². The van der Waals surface area contributed by atoms with Crippen molar-refractivity contribution in [3.8, 4) is 0 Å². The number of benzene rings is 1. The van der Waals surface area contributed by atoms with E-state index in [1.807, 2.05) is 0 Å². The van der Waals surface area contributed by atoms with Crippen molar-refractivity contribution in [1.82, 2.24) is 0 Å². The van der Waals surface area contributed by atoms with Crippen LogP contribution in [0.25, 0.3) is 0 Å². The third-order valence-corrected chi connectivity index (χ3v) is 2.77. The summed E-state index contributed by atoms with van der Waals surface area (Å²) in [6, 6.07) is 5.13. The number of ketones is 1. The van der Waals surface area contributed by atoms with Crippen LogP contribution in [0.2, 0.25) is 5.02 Å². The van der Waals surface area contributed by atoms with Crippen molar-refractivity contribution >= 4 is 41.6 Å². The molecule has 0 aromatic heterocycles. The second kappa shape index (κ2) is 4.36. The molecule has 4 heteroatoms. The van der Waals surface area contributed by atoms with Gasteiger partial charge < -0.3 is 0 Å². The second-order valence-electron chi connectivity index (χ2n) is 2.68. The Labute approximate surface area is 92.4 Å². The van der Waals surface area contributed by atoms with Gasteiger partial charge in [-0.15, -0.1) is 24.2 Å². The van der Waals surface area contributed by atoms with Gasteiger partial charge in [0, 0.05) is 9.92 Å². The first-order valence-electron chi connectivity index (χ1n) is 3.65. The van der Waals surface area contributed by atoms with Gasteiger partial charge in [-0.05, 0) is 30.7 Å². The smallest absolute Gasteiger partial charge is 0.152 e. The van der Waals surface area contributed by atoms with E-state index >= 15 is 0 Å². The largest absolute Gasteiger partial charge is 0.298 e. The van der Waals surface area contributed by atoms with Gasteiger partial charge in [-0.25, -0.2) is 0 Å². The van der Waals surface area contributed by atoms with Crippen LogP contribution < -0.4 is 0 Å². The lowest BCUT2D eigenvalue weighted by molar-refractivity contribution is -0.116. The number of alkyl halides is 1. The molecule has 0 saturated carbocycles. The van der Waals surface area contributed by atoms with Gasteiger partial charge in [-0.1, -0.05) is 11.6 Å². The van der Waals surface area contributed by atoms with Crippen LogP contribution in [0.4, 0.5) is 0 Å². The summed E-state index contributed by atoms with van der Waals surface area (Å²) in [5, 5.41) is -0.187. The van der Waals surface area contributed by atoms with E-state index in [2.05, 4.69) is 12.6 Å². The predicted octanol–water partition coefficient (Wildman–Crippen LogP) is 3.50. The molecule has 0 fully saturated rings. The molecule has 1 nitrogen and oxygen atoms in total. The lowest BCUT2D eigenvalue weighted by Gasteiger charge is -2.08. The quantitative estimate of drug-likeness (QED) is 0.613. The Morgan fingerprint density at radius 1 is 1.54 bits per heavy atom. The van der Waals surface area contributed by atoms with Gasteiger partial charge in [0.25, 0.3) is 0 Å². The Kier molecular flexibility index (Phi) is 3.65. The number of hydrogen-bond acceptors (Lipinski definition) is 2. The average Bonchev–Trinajstić information content (AvgIpc) is 2.08. The SMILES string of the molecule is CC(=O)C(Cl)c1cc(S)ccc1Cl. The van der Waals surface area contributed by atoms with E-state index in [0.29, 0.717) is 10.6 Å². The maximum absolute atomic E-state index is 11.0. The first-order chi connectivity index (χ1) is 6.02. The monoisotopic (exact) mass is 234 g/mol. The molecule has 1 aromatic carbocycles. The van der Waals surface area contributed by atoms with Gasteiger partial charge in [0.15, 0.2) is 5.78 Å². The van der Waals surface area contributed by atoms with Gasteiger partial charge >= 0.3 is 0 Å². The Morgan fingerprint density at radius 2 is 2.15 bits per heavy atom. The van der Waals surface area contributed by atoms with Crippen molar-refractivity contribution in [3.05, 3.63) is 28.8 Å². The highest BCUT2D eigenvalue weighted by atomic mass is 35.5. The van der Waals surface area contributed by atoms with Crippen LogP contribution in [0.3, 0.4) is 0 Å². The molecule has 70 valence electrons. The van der Waals surface area contributed by atoms with Gasteiger partial charge in [-0.3, -0.25) is 4.79 Å². The molecule has 0 N–H and O–H groups in total. The van der Waals surface area contributed by atoms with E-state index in [0.717, 1.165) is 4.90 Å². The maximum atomic E-state index is 11.0. The number of thiol groups is 1. The minimum Gasteiger partial charge on any atom is -0.298 e. The number of hydrogen-bond donors (Lipinski definition) is 1. The fourth-order valence-corrected chi connectivity index (χ4v) is 1.62. The molecule has 0 saturated heterocycles. The molecule has 13 heavy (non-hydrogen) atoms. The summed E-state index contributed by atoms with van der Waals surface area (Å²) in [7, 11) is 0. The zero-order valence-electron chi connectivity index (χ0n) is 6.92. The number of rotatable bonds is 2. The van der Waals surface area contributed by atoms with Crippen LogP contribution in [0, 0.1) is 0 Å². The first kappa shape index (κ1) is 10.9. The molecule has 0 aliphatic heterocycles. The third kappa shape index (κ3) is 2.63. The van der Waals surface area contributed by atoms with Crippen molar-refractivity contribution in [2.45, 2.75) is 17.2 Å². The fourth-order valence-electron chi connectivity index (χ4n) is 0.944. The molecular weight excluding hydrogens is 227 g/mol. The van der Waals surface area contributed by atoms with Crippen LogP contribution in [-0.2, 0) is 4.79 Å². The van der Waals surface area contributed by atoms with Gasteiger partial charge in [0.1, 0.15) is 5.38 Å². The van der Waals surface area contributed by atoms with E-state index in [4.69, 9.17) is 23.2 Å². The van der Waals surface area contributed by atoms with E-state index < -0.39 is 5.38 Å². The Hall–Kier alpha value is -0.180. The van der Waals surface area contributed by atoms with Gasteiger partial charge in [0.05, 0.1) is 0 Å². The molecule has 0 bridgehead atoms. The summed E-state index contributed by atoms with van der Waals surface area (Å²) in [6.07, 6.45) is 0. The van der Waals surface area contributed by atoms with Crippen molar-refractivity contribution in [2.75, 3.05) is 0 Å². The lowest BCUT2D eigenvalue weighted by Crippen LogP contribution is -2.02. The number of halogens is 2. The van der Waals surface area contributed by atoms with E-state index in [-0.39, 0.29) is 5.78 Å². The molecule has 0 heterocycles. The van der Waals surface area contributed by atoms with Crippen LogP contribution in [0.15, 0.2) is 23.1 Å². The lowest BCUT2D eigenvalue weighted by atomic mass is 10.1. The number of Topliss-reactive ketones (excluding diaryl/α,β-unsaturated/α-hetero) is 1. The Morgan fingerprint density at radius 3 is 2.69 bits per heavy atom. The van der Waals surface area contributed by atoms with Gasteiger partial charge in [0.2, 0.25) is 0 Å². The minimum atomic E-state index is -0.681. The summed E-state index contributed by atoms with van der Waals surface area (Å²) in [6.45, 7) is 1.43. The highest BCUT2D eigenvalue weighted by molar-refractivity contribution is 7.80. The zero-order valence-corrected chi connectivity index (χ0v) is 9.33. The molecular formula is C9H8Cl2OS. The molecule has 0 aliphatic carbocycles. The normalized spacial score (nSPS) is 12.6. The number of carbonyl (C=O) groups excluding carboxylic acids is 1. The maximum Gasteiger partial charge on any atom is 0.152 e. The average molecular weight is 235 g/mol. The van der Waals surface area contributed by atoms with Crippen LogP contribution in [0.5, 0.6) is 0 Å². The molecule has 1 unspecified atom stereocenters. The molecule has 0 spiro atoms. The molecule has 1 rings (SSSR count). The predicted molar refractivity (Wildman–Crippen MR) is 58.0 cm³/mol. The van der Waals surface area contributed by atoms with Crippen molar-refractivity contribution in [2.24, 2.45) is 0 Å². The standard InChI is InChI=1S/C9H8Cl2OS/c1-5(12)9(11)7-4-6(13)2-3-8(7)10/h2-4,9,13H,1H3. The second-order valence-corrected chi connectivity index (χ2v) is 4.04. The Balaban J connectivity index is 3.12. The van der Waals surface area contributed by atoms with Gasteiger partial charge in [-0.2, -0.15) is 0 Å². The summed E-state index contributed by atoms with van der Waals surface area (Å²) in [5.41, 5.74) is 0.614. The molecule has 1 aromatic rings. The third-order valence-electron chi connectivity index (χ3n) is 1.61. The fraction of sp³-hybridized carbons (Fsp3) is 0.222. The summed E-state index contributed by atoms with van der Waals surface area (Å²) in [4.78, 5) is 11.7. The van der Waals surface area contributed by atoms with E-state index in [1.54, 1.807) is 18.2 Å². The van der Waals surface area contributed by atoms with Crippen LogP contribution >= 0.6 is 35.8 Å². The molecule has 0 radical (unpaired) electrons. The highest BCUT2D eigenvalue weighted by Gasteiger charge is 2.16. The van der Waals surface area contributed by atoms with E-state index in [1.165, 1.54) is 6.92 Å². The van der Waals surface area contributed by atoms with Crippen molar-refractivity contribution < 1.29 is 4.79 Å². The number of carbonyl (C=O) groups is 1. The van der Waals surface area contributed by atoms with Crippen LogP contribution in [0.1, 0.15) is 17.9 Å². The minimum absolute atomic E-state index is 0.123. The van der Waals surface area contributed by atoms with E-state index in [9.17, 15) is 4.79 Å². The zero-order chi connectivity index (χ0) is 10.0. The summed E-state index contributed by atoms with van der Waals surface area (Å²) < 4.78 is 0. The highest BCUT2D eigenvalue weighted by Crippen LogP contribution is 2.30.